The van der Waals surface area contributed by atoms with Crippen LogP contribution in [-0.4, -0.2) is 36.0 Å². The van der Waals surface area contributed by atoms with E-state index in [9.17, 15) is 9.59 Å². The molecule has 0 spiro atoms. The number of nitrogens with one attached hydrogen (secondary N) is 1. The van der Waals surface area contributed by atoms with Crippen LogP contribution in [0.2, 0.25) is 0 Å². The van der Waals surface area contributed by atoms with Gasteiger partial charge in [-0.05, 0) is 39.5 Å². The van der Waals surface area contributed by atoms with Crippen LogP contribution >= 0.6 is 0 Å². The zero-order chi connectivity index (χ0) is 19.5. The summed E-state index contributed by atoms with van der Waals surface area (Å²) in [5.41, 5.74) is -0.602. The third kappa shape index (κ3) is 12.3. The van der Waals surface area contributed by atoms with Crippen molar-refractivity contribution in [2.24, 2.45) is 11.3 Å². The summed E-state index contributed by atoms with van der Waals surface area (Å²) in [7, 11) is 0. The highest BCUT2D eigenvalue weighted by atomic mass is 16.7. The van der Waals surface area contributed by atoms with Crippen molar-refractivity contribution < 1.29 is 29.0 Å². The van der Waals surface area contributed by atoms with Gasteiger partial charge in [0.2, 0.25) is 6.29 Å². The van der Waals surface area contributed by atoms with Crippen LogP contribution in [0.5, 0.6) is 0 Å². The van der Waals surface area contributed by atoms with E-state index < -0.39 is 23.8 Å². The number of carbonyl (C=O) groups excluding carboxylic acids is 2. The molecular weight excluding hydrogens is 326 g/mol. The molecule has 0 saturated heterocycles. The molecule has 0 aromatic rings. The zero-order valence-corrected chi connectivity index (χ0v) is 16.1. The average molecular weight is 359 g/mol. The first kappa shape index (κ1) is 23.2. The molecule has 7 nitrogen and oxygen atoms in total. The molecule has 1 aliphatic carbocycles. The number of carboxylic acid groups (broad SMARTS) is 1. The van der Waals surface area contributed by atoms with Crippen molar-refractivity contribution in [1.82, 2.24) is 5.32 Å². The van der Waals surface area contributed by atoms with Crippen LogP contribution < -0.4 is 5.32 Å². The van der Waals surface area contributed by atoms with Crippen LogP contribution in [-0.2, 0) is 19.1 Å². The number of ether oxygens (including phenoxy) is 2. The molecule has 0 aromatic carbocycles. The van der Waals surface area contributed by atoms with Crippen LogP contribution in [0.3, 0.4) is 0 Å². The molecule has 1 atom stereocenters. The van der Waals surface area contributed by atoms with Gasteiger partial charge in [0.05, 0.1) is 5.41 Å². The summed E-state index contributed by atoms with van der Waals surface area (Å²) in [5, 5.41) is 10.2. The Hall–Kier alpha value is -1.79. The summed E-state index contributed by atoms with van der Waals surface area (Å²) in [6.45, 7) is 8.85. The number of esters is 1. The zero-order valence-electron chi connectivity index (χ0n) is 16.1. The third-order valence-corrected chi connectivity index (χ3v) is 3.68. The summed E-state index contributed by atoms with van der Waals surface area (Å²) in [4.78, 5) is 32.5. The lowest BCUT2D eigenvalue weighted by Crippen LogP contribution is -2.36. The van der Waals surface area contributed by atoms with Gasteiger partial charge in [-0.2, -0.15) is 0 Å². The number of carbonyl (C=O) groups is 3. The second-order valence-corrected chi connectivity index (χ2v) is 7.30. The van der Waals surface area contributed by atoms with E-state index in [0.29, 0.717) is 18.9 Å². The fourth-order valence-electron chi connectivity index (χ4n) is 2.27. The third-order valence-electron chi connectivity index (χ3n) is 3.68. The Labute approximate surface area is 150 Å². The predicted octanol–water partition coefficient (Wildman–Crippen LogP) is 3.71. The van der Waals surface area contributed by atoms with Crippen molar-refractivity contribution in [3.63, 3.8) is 0 Å². The second-order valence-electron chi connectivity index (χ2n) is 7.30. The molecule has 0 aromatic heterocycles. The van der Waals surface area contributed by atoms with Gasteiger partial charge in [-0.15, -0.1) is 0 Å². The molecule has 1 fully saturated rings. The maximum Gasteiger partial charge on any atom is 0.410 e. The quantitative estimate of drug-likeness (QED) is 0.573. The van der Waals surface area contributed by atoms with Gasteiger partial charge in [0.1, 0.15) is 0 Å². The van der Waals surface area contributed by atoms with Crippen molar-refractivity contribution >= 4 is 18.0 Å². The summed E-state index contributed by atoms with van der Waals surface area (Å²) in [6.07, 6.45) is 5.22. The molecule has 0 radical (unpaired) electrons. The minimum Gasteiger partial charge on any atom is -0.481 e. The maximum absolute atomic E-state index is 11.8. The minimum absolute atomic E-state index is 0.366. The van der Waals surface area contributed by atoms with E-state index >= 15 is 0 Å². The number of hydrogen-bond donors (Lipinski definition) is 2. The molecule has 1 amide bonds. The van der Waals surface area contributed by atoms with Crippen LogP contribution in [0, 0.1) is 11.3 Å². The fraction of sp³-hybridized carbons (Fsp3) is 0.833. The van der Waals surface area contributed by atoms with E-state index in [4.69, 9.17) is 19.4 Å². The number of carboxylic acids is 1. The molecule has 25 heavy (non-hydrogen) atoms. The molecule has 1 rings (SSSR count). The molecule has 2 N–H and O–H groups in total. The van der Waals surface area contributed by atoms with Gasteiger partial charge >= 0.3 is 12.1 Å². The highest BCUT2D eigenvalue weighted by Crippen LogP contribution is 2.23. The molecule has 1 aliphatic rings. The molecule has 0 aliphatic heterocycles. The van der Waals surface area contributed by atoms with Crippen LogP contribution in [0.1, 0.15) is 73.1 Å². The summed E-state index contributed by atoms with van der Waals surface area (Å²) < 4.78 is 10.4. The number of aliphatic carboxylic acids is 1. The first-order valence-electron chi connectivity index (χ1n) is 8.91. The number of hydrogen-bond acceptors (Lipinski definition) is 5. The SMILES string of the molecule is CC(=O)O.CCC(OC(=O)NCC1CCCCC1)OC(=O)C(C)(C)C. The Kier molecular flexibility index (Phi) is 10.9. The van der Waals surface area contributed by atoms with Crippen LogP contribution in [0.25, 0.3) is 0 Å². The predicted molar refractivity (Wildman–Crippen MR) is 94.0 cm³/mol. The average Bonchev–Trinajstić information content (AvgIpc) is 2.51. The Morgan fingerprint density at radius 2 is 1.64 bits per heavy atom. The largest absolute Gasteiger partial charge is 0.481 e. The first-order valence-corrected chi connectivity index (χ1v) is 8.91. The van der Waals surface area contributed by atoms with Gasteiger partial charge in [0.15, 0.2) is 0 Å². The molecule has 1 saturated carbocycles. The van der Waals surface area contributed by atoms with Gasteiger partial charge in [-0.1, -0.05) is 26.2 Å². The molecule has 146 valence electrons. The Balaban J connectivity index is 0.00000129. The molecule has 7 heteroatoms. The highest BCUT2D eigenvalue weighted by molar-refractivity contribution is 5.75. The number of rotatable bonds is 5. The monoisotopic (exact) mass is 359 g/mol. The molecule has 0 bridgehead atoms. The van der Waals surface area contributed by atoms with E-state index in [1.807, 2.05) is 6.92 Å². The van der Waals surface area contributed by atoms with Gasteiger partial charge in [0, 0.05) is 19.9 Å². The first-order chi connectivity index (χ1) is 11.6. The summed E-state index contributed by atoms with van der Waals surface area (Å²) >= 11 is 0. The van der Waals surface area contributed by atoms with Crippen molar-refractivity contribution in [2.75, 3.05) is 6.54 Å². The van der Waals surface area contributed by atoms with Crippen LogP contribution in [0.15, 0.2) is 0 Å². The topological polar surface area (TPSA) is 102 Å². The normalized spacial score (nSPS) is 16.0. The van der Waals surface area contributed by atoms with Crippen molar-refractivity contribution in [3.05, 3.63) is 0 Å². The minimum atomic E-state index is -0.833. The van der Waals surface area contributed by atoms with Gasteiger partial charge in [-0.3, -0.25) is 9.59 Å². The Morgan fingerprint density at radius 1 is 1.12 bits per heavy atom. The molecule has 0 heterocycles. The molecular formula is C18H33NO6. The number of alkyl carbamates (subject to hydrolysis) is 1. The van der Waals surface area contributed by atoms with Crippen molar-refractivity contribution in [2.45, 2.75) is 79.4 Å². The van der Waals surface area contributed by atoms with E-state index in [1.54, 1.807) is 20.8 Å². The lowest BCUT2D eigenvalue weighted by atomic mass is 9.89. The van der Waals surface area contributed by atoms with E-state index in [-0.39, 0.29) is 5.97 Å². The standard InChI is InChI=1S/C16H29NO4.C2H4O2/c1-5-13(20-14(18)16(2,3)4)21-15(19)17-11-12-9-7-6-8-10-12;1-2(3)4/h12-13H,5-11H2,1-4H3,(H,17,19);1H3,(H,3,4). The van der Waals surface area contributed by atoms with Gasteiger partial charge in [0.25, 0.3) is 5.97 Å². The van der Waals surface area contributed by atoms with Gasteiger partial charge in [-0.25, -0.2) is 4.79 Å². The van der Waals surface area contributed by atoms with Crippen molar-refractivity contribution in [3.8, 4) is 0 Å². The van der Waals surface area contributed by atoms with Crippen molar-refractivity contribution in [1.29, 1.82) is 0 Å². The maximum atomic E-state index is 11.8. The highest BCUT2D eigenvalue weighted by Gasteiger charge is 2.27. The fourth-order valence-corrected chi connectivity index (χ4v) is 2.27. The Morgan fingerprint density at radius 3 is 2.08 bits per heavy atom. The van der Waals surface area contributed by atoms with Crippen LogP contribution in [0.4, 0.5) is 4.79 Å². The van der Waals surface area contributed by atoms with E-state index in [0.717, 1.165) is 19.8 Å². The number of amides is 1. The summed E-state index contributed by atoms with van der Waals surface area (Å²) in [5.74, 6) is -0.655. The second kappa shape index (κ2) is 11.7. The van der Waals surface area contributed by atoms with Gasteiger partial charge < -0.3 is 19.9 Å². The van der Waals surface area contributed by atoms with E-state index in [2.05, 4.69) is 5.32 Å². The lowest BCUT2D eigenvalue weighted by molar-refractivity contribution is -0.177. The van der Waals surface area contributed by atoms with E-state index in [1.165, 1.54) is 19.3 Å². The lowest BCUT2D eigenvalue weighted by Gasteiger charge is -2.24. The molecule has 1 unspecified atom stereocenters. The Bertz CT molecular complexity index is 420. The smallest absolute Gasteiger partial charge is 0.410 e. The summed E-state index contributed by atoms with van der Waals surface area (Å²) in [6, 6.07) is 0.